The number of ether oxygens (including phenoxy) is 3. The van der Waals surface area contributed by atoms with E-state index in [4.69, 9.17) is 25.8 Å². The molecule has 0 fully saturated rings. The number of carbonyl (C=O) groups is 1. The van der Waals surface area contributed by atoms with Gasteiger partial charge in [0.25, 0.3) is 0 Å². The molecule has 3 rings (SSSR count). The Bertz CT molecular complexity index is 1250. The van der Waals surface area contributed by atoms with Gasteiger partial charge < -0.3 is 19.5 Å². The highest BCUT2D eigenvalue weighted by Crippen LogP contribution is 2.30. The molecule has 0 heterocycles. The first-order chi connectivity index (χ1) is 16.3. The van der Waals surface area contributed by atoms with E-state index in [1.165, 1.54) is 39.5 Å². The Balaban J connectivity index is 1.96. The number of hydrogen-bond donors (Lipinski definition) is 2. The number of carbonyl (C=O) groups excluding carboxylic acids is 1. The quantitative estimate of drug-likeness (QED) is 0.434. The van der Waals surface area contributed by atoms with E-state index in [-0.39, 0.29) is 22.1 Å². The molecule has 3 aromatic carbocycles. The van der Waals surface area contributed by atoms with Crippen LogP contribution in [-0.4, -0.2) is 41.7 Å². The monoisotopic (exact) mass is 504 g/mol. The number of amides is 1. The fraction of sp³-hybridized carbons (Fsp3) is 0.208. The average molecular weight is 505 g/mol. The molecule has 0 aliphatic carbocycles. The number of nitrogens with one attached hydrogen (secondary N) is 2. The zero-order valence-corrected chi connectivity index (χ0v) is 20.4. The number of benzene rings is 3. The second-order valence-corrected chi connectivity index (χ2v) is 9.33. The highest BCUT2D eigenvalue weighted by molar-refractivity contribution is 7.89. The van der Waals surface area contributed by atoms with E-state index < -0.39 is 22.0 Å². The van der Waals surface area contributed by atoms with Gasteiger partial charge in [0.2, 0.25) is 15.9 Å². The van der Waals surface area contributed by atoms with Gasteiger partial charge in [-0.3, -0.25) is 4.79 Å². The standard InChI is InChI=1S/C24H25ClN2O6S/c1-31-18-10-12-21(32-2)19(15-18)26-24(28)20(13-16-7-5-4-6-8-16)27-34(29,30)23-14-17(25)9-11-22(23)33-3/h4-12,14-15,20,27H,13H2,1-3H3,(H,26,28). The van der Waals surface area contributed by atoms with Crippen molar-refractivity contribution in [3.63, 3.8) is 0 Å². The molecule has 1 unspecified atom stereocenters. The Morgan fingerprint density at radius 2 is 1.59 bits per heavy atom. The summed E-state index contributed by atoms with van der Waals surface area (Å²) in [7, 11) is 0.129. The minimum absolute atomic E-state index is 0.0983. The number of hydrogen-bond acceptors (Lipinski definition) is 6. The third-order valence-corrected chi connectivity index (χ3v) is 6.70. The van der Waals surface area contributed by atoms with Crippen LogP contribution in [0.3, 0.4) is 0 Å². The van der Waals surface area contributed by atoms with Gasteiger partial charge in [-0.05, 0) is 42.3 Å². The Kier molecular flexibility index (Phi) is 8.38. The van der Waals surface area contributed by atoms with E-state index >= 15 is 0 Å². The van der Waals surface area contributed by atoms with Crippen LogP contribution >= 0.6 is 11.6 Å². The molecule has 1 atom stereocenters. The van der Waals surface area contributed by atoms with E-state index in [9.17, 15) is 13.2 Å². The van der Waals surface area contributed by atoms with E-state index in [0.717, 1.165) is 5.56 Å². The zero-order chi connectivity index (χ0) is 24.7. The molecule has 180 valence electrons. The molecule has 0 aromatic heterocycles. The lowest BCUT2D eigenvalue weighted by molar-refractivity contribution is -0.117. The first-order valence-corrected chi connectivity index (χ1v) is 12.1. The fourth-order valence-electron chi connectivity index (χ4n) is 3.28. The molecule has 0 aliphatic heterocycles. The van der Waals surface area contributed by atoms with Crippen molar-refractivity contribution in [3.05, 3.63) is 77.3 Å². The van der Waals surface area contributed by atoms with Crippen LogP contribution in [0, 0.1) is 0 Å². The predicted molar refractivity (Wildman–Crippen MR) is 130 cm³/mol. The topological polar surface area (TPSA) is 103 Å². The number of halogens is 1. The maximum atomic E-state index is 13.3. The maximum Gasteiger partial charge on any atom is 0.245 e. The summed E-state index contributed by atoms with van der Waals surface area (Å²) in [6.07, 6.45) is 0.0983. The lowest BCUT2D eigenvalue weighted by Gasteiger charge is -2.20. The predicted octanol–water partition coefficient (Wildman–Crippen LogP) is 3.89. The van der Waals surface area contributed by atoms with Gasteiger partial charge in [0, 0.05) is 11.1 Å². The lowest BCUT2D eigenvalue weighted by atomic mass is 10.1. The molecule has 0 bridgehead atoms. The van der Waals surface area contributed by atoms with Gasteiger partial charge in [0.05, 0.1) is 27.0 Å². The van der Waals surface area contributed by atoms with Crippen molar-refractivity contribution in [1.29, 1.82) is 0 Å². The van der Waals surface area contributed by atoms with E-state index in [1.54, 1.807) is 30.3 Å². The molecule has 0 radical (unpaired) electrons. The van der Waals surface area contributed by atoms with E-state index in [2.05, 4.69) is 10.0 Å². The van der Waals surface area contributed by atoms with Crippen LogP contribution in [0.4, 0.5) is 5.69 Å². The molecule has 0 saturated carbocycles. The Morgan fingerprint density at radius 3 is 2.24 bits per heavy atom. The number of methoxy groups -OCH3 is 3. The summed E-state index contributed by atoms with van der Waals surface area (Å²) in [6.45, 7) is 0. The highest BCUT2D eigenvalue weighted by Gasteiger charge is 2.29. The minimum atomic E-state index is -4.19. The molecule has 2 N–H and O–H groups in total. The van der Waals surface area contributed by atoms with E-state index in [1.807, 2.05) is 18.2 Å². The van der Waals surface area contributed by atoms with Gasteiger partial charge in [-0.15, -0.1) is 0 Å². The van der Waals surface area contributed by atoms with Crippen LogP contribution in [0.2, 0.25) is 5.02 Å². The van der Waals surface area contributed by atoms with Crippen molar-refractivity contribution >= 4 is 33.2 Å². The maximum absolute atomic E-state index is 13.3. The third kappa shape index (κ3) is 6.19. The first-order valence-electron chi connectivity index (χ1n) is 10.2. The van der Waals surface area contributed by atoms with Crippen LogP contribution in [0.1, 0.15) is 5.56 Å². The second-order valence-electron chi connectivity index (χ2n) is 7.21. The molecule has 0 aliphatic rings. The number of anilines is 1. The van der Waals surface area contributed by atoms with Gasteiger partial charge >= 0.3 is 0 Å². The van der Waals surface area contributed by atoms with Gasteiger partial charge in [-0.25, -0.2) is 8.42 Å². The van der Waals surface area contributed by atoms with Crippen LogP contribution in [0.5, 0.6) is 17.2 Å². The molecule has 3 aromatic rings. The third-order valence-electron chi connectivity index (χ3n) is 4.98. The van der Waals surface area contributed by atoms with Crippen molar-refractivity contribution in [3.8, 4) is 17.2 Å². The van der Waals surface area contributed by atoms with Crippen molar-refractivity contribution in [1.82, 2.24) is 4.72 Å². The largest absolute Gasteiger partial charge is 0.497 e. The van der Waals surface area contributed by atoms with Crippen LogP contribution < -0.4 is 24.2 Å². The van der Waals surface area contributed by atoms with Gasteiger partial charge in [0.1, 0.15) is 28.2 Å². The molecule has 8 nitrogen and oxygen atoms in total. The summed E-state index contributed by atoms with van der Waals surface area (Å²) in [5.74, 6) is 0.414. The van der Waals surface area contributed by atoms with Crippen LogP contribution in [-0.2, 0) is 21.2 Å². The molecular formula is C24H25ClN2O6S. The van der Waals surface area contributed by atoms with Gasteiger partial charge in [-0.1, -0.05) is 41.9 Å². The zero-order valence-electron chi connectivity index (χ0n) is 18.9. The first kappa shape index (κ1) is 25.4. The fourth-order valence-corrected chi connectivity index (χ4v) is 4.91. The summed E-state index contributed by atoms with van der Waals surface area (Å²) >= 11 is 6.03. The Morgan fingerprint density at radius 1 is 0.912 bits per heavy atom. The molecular weight excluding hydrogens is 480 g/mol. The van der Waals surface area contributed by atoms with Crippen molar-refractivity contribution in [2.75, 3.05) is 26.6 Å². The van der Waals surface area contributed by atoms with Crippen molar-refractivity contribution in [2.45, 2.75) is 17.4 Å². The minimum Gasteiger partial charge on any atom is -0.497 e. The van der Waals surface area contributed by atoms with Gasteiger partial charge in [0.15, 0.2) is 0 Å². The number of rotatable bonds is 10. The Labute approximate surface area is 203 Å². The summed E-state index contributed by atoms with van der Waals surface area (Å²) in [6, 6.07) is 17.1. The van der Waals surface area contributed by atoms with Crippen molar-refractivity contribution in [2.24, 2.45) is 0 Å². The SMILES string of the molecule is COc1ccc(OC)c(NC(=O)C(Cc2ccccc2)NS(=O)(=O)c2cc(Cl)ccc2OC)c1. The molecule has 34 heavy (non-hydrogen) atoms. The molecule has 1 amide bonds. The average Bonchev–Trinajstić information content (AvgIpc) is 2.84. The smallest absolute Gasteiger partial charge is 0.245 e. The van der Waals surface area contributed by atoms with Crippen LogP contribution in [0.25, 0.3) is 0 Å². The lowest BCUT2D eigenvalue weighted by Crippen LogP contribution is -2.45. The summed E-state index contributed by atoms with van der Waals surface area (Å²) in [5, 5.41) is 2.96. The highest BCUT2D eigenvalue weighted by atomic mass is 35.5. The number of sulfonamides is 1. The molecule has 0 spiro atoms. The Hall–Kier alpha value is -3.27. The summed E-state index contributed by atoms with van der Waals surface area (Å²) < 4.78 is 44.8. The van der Waals surface area contributed by atoms with Crippen LogP contribution in [0.15, 0.2) is 71.6 Å². The summed E-state index contributed by atoms with van der Waals surface area (Å²) in [5.41, 5.74) is 1.10. The normalized spacial score (nSPS) is 12.0. The molecule has 0 saturated heterocycles. The van der Waals surface area contributed by atoms with Crippen molar-refractivity contribution < 1.29 is 27.4 Å². The van der Waals surface area contributed by atoms with Gasteiger partial charge in [-0.2, -0.15) is 4.72 Å². The second kappa shape index (κ2) is 11.2. The molecule has 10 heteroatoms. The summed E-state index contributed by atoms with van der Waals surface area (Å²) in [4.78, 5) is 13.1. The van der Waals surface area contributed by atoms with E-state index in [0.29, 0.717) is 17.2 Å².